The largest absolute Gasteiger partial charge is 0.469 e. The molecule has 172 valence electrons. The van der Waals surface area contributed by atoms with Crippen molar-refractivity contribution < 1.29 is 14.6 Å². The number of nitrogens with one attached hydrogen (secondary N) is 1. The monoisotopic (exact) mass is 461 g/mol. The van der Waals surface area contributed by atoms with E-state index in [0.29, 0.717) is 6.42 Å². The fraction of sp³-hybridized carbons (Fsp3) is 0.682. The minimum absolute atomic E-state index is 0. The summed E-state index contributed by atoms with van der Waals surface area (Å²) in [5.74, 6) is 0.216. The molecule has 30 heavy (non-hydrogen) atoms. The molecule has 0 saturated carbocycles. The van der Waals surface area contributed by atoms with Gasteiger partial charge >= 0.3 is 5.97 Å². The summed E-state index contributed by atoms with van der Waals surface area (Å²) in [5, 5.41) is 12.7. The number of carbonyl (C=O) groups excluding carboxylic acids is 1. The smallest absolute Gasteiger partial charge is 0.313 e. The normalized spacial score (nSPS) is 18.8. The molecular weight excluding hydrogens is 425 g/mol. The van der Waals surface area contributed by atoms with E-state index in [9.17, 15) is 9.90 Å². The van der Waals surface area contributed by atoms with E-state index in [1.807, 2.05) is 12.1 Å². The SMILES string of the molecule is COC(=O)C(CCO)c1ccc(N2CCN(CCC3CCNCC3)CC2)cc1.Cl.Cl. The predicted octanol–water partition coefficient (Wildman–Crippen LogP) is 2.68. The molecule has 1 aromatic rings. The van der Waals surface area contributed by atoms with E-state index >= 15 is 0 Å². The quantitative estimate of drug-likeness (QED) is 0.580. The van der Waals surface area contributed by atoms with Crippen molar-refractivity contribution in [2.75, 3.05) is 64.4 Å². The lowest BCUT2D eigenvalue weighted by Gasteiger charge is -2.37. The van der Waals surface area contributed by atoms with Crippen molar-refractivity contribution in [3.63, 3.8) is 0 Å². The van der Waals surface area contributed by atoms with Crippen LogP contribution < -0.4 is 10.2 Å². The topological polar surface area (TPSA) is 65.0 Å². The number of ether oxygens (including phenoxy) is 1. The zero-order chi connectivity index (χ0) is 19.8. The Morgan fingerprint density at radius 2 is 1.77 bits per heavy atom. The van der Waals surface area contributed by atoms with Gasteiger partial charge in [-0.15, -0.1) is 24.8 Å². The van der Waals surface area contributed by atoms with E-state index in [2.05, 4.69) is 27.2 Å². The summed E-state index contributed by atoms with van der Waals surface area (Å²) < 4.78 is 4.87. The Morgan fingerprint density at radius 1 is 1.13 bits per heavy atom. The van der Waals surface area contributed by atoms with E-state index < -0.39 is 5.92 Å². The molecule has 8 heteroatoms. The summed E-state index contributed by atoms with van der Waals surface area (Å²) in [6.45, 7) is 7.88. The second-order valence-corrected chi connectivity index (χ2v) is 7.99. The number of hydrogen-bond donors (Lipinski definition) is 2. The predicted molar refractivity (Wildman–Crippen MR) is 126 cm³/mol. The van der Waals surface area contributed by atoms with Gasteiger partial charge in [0.15, 0.2) is 0 Å². The number of rotatable bonds is 8. The number of anilines is 1. The number of aliphatic hydroxyl groups is 1. The molecule has 1 atom stereocenters. The van der Waals surface area contributed by atoms with Crippen molar-refractivity contribution in [2.45, 2.75) is 31.6 Å². The maximum Gasteiger partial charge on any atom is 0.313 e. The number of hydrogen-bond acceptors (Lipinski definition) is 6. The molecule has 3 rings (SSSR count). The third kappa shape index (κ3) is 7.57. The second-order valence-electron chi connectivity index (χ2n) is 7.99. The fourth-order valence-corrected chi connectivity index (χ4v) is 4.37. The molecule has 1 aromatic carbocycles. The molecule has 0 radical (unpaired) electrons. The minimum atomic E-state index is -0.393. The van der Waals surface area contributed by atoms with Crippen molar-refractivity contribution >= 4 is 36.5 Å². The van der Waals surface area contributed by atoms with E-state index in [1.165, 1.54) is 51.7 Å². The first-order valence-electron chi connectivity index (χ1n) is 10.7. The van der Waals surface area contributed by atoms with Gasteiger partial charge in [0.25, 0.3) is 0 Å². The molecule has 0 aliphatic carbocycles. The summed E-state index contributed by atoms with van der Waals surface area (Å²) in [6, 6.07) is 8.17. The highest BCUT2D eigenvalue weighted by atomic mass is 35.5. The van der Waals surface area contributed by atoms with Crippen LogP contribution in [0.25, 0.3) is 0 Å². The summed E-state index contributed by atoms with van der Waals surface area (Å²) >= 11 is 0. The number of methoxy groups -OCH3 is 1. The Bertz CT molecular complexity index is 604. The van der Waals surface area contributed by atoms with Crippen LogP contribution in [0, 0.1) is 5.92 Å². The molecular formula is C22H37Cl2N3O3. The van der Waals surface area contributed by atoms with Gasteiger partial charge in [-0.3, -0.25) is 9.69 Å². The van der Waals surface area contributed by atoms with Crippen LogP contribution in [0.3, 0.4) is 0 Å². The van der Waals surface area contributed by atoms with Gasteiger partial charge in [-0.1, -0.05) is 12.1 Å². The summed E-state index contributed by atoms with van der Waals surface area (Å²) in [7, 11) is 1.39. The van der Waals surface area contributed by atoms with E-state index in [-0.39, 0.29) is 37.4 Å². The van der Waals surface area contributed by atoms with Crippen LogP contribution in [-0.4, -0.2) is 75.5 Å². The van der Waals surface area contributed by atoms with E-state index in [0.717, 1.165) is 37.7 Å². The number of esters is 1. The van der Waals surface area contributed by atoms with Crippen LogP contribution in [0.15, 0.2) is 24.3 Å². The molecule has 0 amide bonds. The molecule has 2 aliphatic heterocycles. The van der Waals surface area contributed by atoms with Crippen molar-refractivity contribution in [3.05, 3.63) is 29.8 Å². The molecule has 6 nitrogen and oxygen atoms in total. The van der Waals surface area contributed by atoms with Crippen LogP contribution in [-0.2, 0) is 9.53 Å². The highest BCUT2D eigenvalue weighted by Gasteiger charge is 2.22. The van der Waals surface area contributed by atoms with Gasteiger partial charge in [0.2, 0.25) is 0 Å². The maximum absolute atomic E-state index is 11.9. The van der Waals surface area contributed by atoms with E-state index in [1.54, 1.807) is 0 Å². The first-order chi connectivity index (χ1) is 13.7. The van der Waals surface area contributed by atoms with Crippen molar-refractivity contribution in [1.29, 1.82) is 0 Å². The number of aliphatic hydroxyl groups excluding tert-OH is 1. The summed E-state index contributed by atoms with van der Waals surface area (Å²) in [5.41, 5.74) is 2.11. The first-order valence-corrected chi connectivity index (χ1v) is 10.7. The Kier molecular flexibility index (Phi) is 12.7. The highest BCUT2D eigenvalue weighted by molar-refractivity contribution is 5.85. The number of carbonyl (C=O) groups is 1. The Morgan fingerprint density at radius 3 is 2.33 bits per heavy atom. The lowest BCUT2D eigenvalue weighted by molar-refractivity contribution is -0.142. The zero-order valence-corrected chi connectivity index (χ0v) is 19.6. The number of piperazine rings is 1. The summed E-state index contributed by atoms with van der Waals surface area (Å²) in [4.78, 5) is 17.0. The Balaban J connectivity index is 0.00000225. The molecule has 0 spiro atoms. The standard InChI is InChI=1S/C22H35N3O3.2ClH/c1-28-22(27)21(9-17-26)19-2-4-20(5-3-19)25-15-13-24(14-16-25)12-8-18-6-10-23-11-7-18;;/h2-5,18,21,23,26H,6-17H2,1H3;2*1H. The molecule has 2 saturated heterocycles. The van der Waals surface area contributed by atoms with Gasteiger partial charge in [0.05, 0.1) is 13.0 Å². The first kappa shape index (κ1) is 27.0. The van der Waals surface area contributed by atoms with Crippen LogP contribution >= 0.6 is 24.8 Å². The maximum atomic E-state index is 11.9. The van der Waals surface area contributed by atoms with Crippen LogP contribution in [0.1, 0.15) is 37.2 Å². The lowest BCUT2D eigenvalue weighted by atomic mass is 9.94. The number of halogens is 2. The van der Waals surface area contributed by atoms with Gasteiger partial charge in [0, 0.05) is 38.5 Å². The van der Waals surface area contributed by atoms with Crippen LogP contribution in [0.4, 0.5) is 5.69 Å². The summed E-state index contributed by atoms with van der Waals surface area (Å²) in [6.07, 6.45) is 4.38. The van der Waals surface area contributed by atoms with Gasteiger partial charge in [-0.25, -0.2) is 0 Å². The highest BCUT2D eigenvalue weighted by Crippen LogP contribution is 2.25. The molecule has 0 aromatic heterocycles. The van der Waals surface area contributed by atoms with Gasteiger partial charge in [0.1, 0.15) is 0 Å². The van der Waals surface area contributed by atoms with E-state index in [4.69, 9.17) is 4.74 Å². The molecule has 1 unspecified atom stereocenters. The Labute approximate surface area is 193 Å². The minimum Gasteiger partial charge on any atom is -0.469 e. The average Bonchev–Trinajstić information content (AvgIpc) is 2.77. The van der Waals surface area contributed by atoms with Crippen LogP contribution in [0.5, 0.6) is 0 Å². The third-order valence-electron chi connectivity index (χ3n) is 6.25. The molecule has 0 bridgehead atoms. The zero-order valence-electron chi connectivity index (χ0n) is 17.9. The van der Waals surface area contributed by atoms with Gasteiger partial charge in [-0.2, -0.15) is 0 Å². The molecule has 2 aliphatic rings. The number of benzene rings is 1. The third-order valence-corrected chi connectivity index (χ3v) is 6.25. The van der Waals surface area contributed by atoms with Crippen molar-refractivity contribution in [2.24, 2.45) is 5.92 Å². The van der Waals surface area contributed by atoms with Crippen molar-refractivity contribution in [1.82, 2.24) is 10.2 Å². The van der Waals surface area contributed by atoms with Crippen LogP contribution in [0.2, 0.25) is 0 Å². The average molecular weight is 462 g/mol. The lowest BCUT2D eigenvalue weighted by Crippen LogP contribution is -2.47. The second kappa shape index (κ2) is 14.1. The molecule has 2 heterocycles. The van der Waals surface area contributed by atoms with Gasteiger partial charge < -0.3 is 20.1 Å². The van der Waals surface area contributed by atoms with Gasteiger partial charge in [-0.05, 0) is 68.9 Å². The molecule has 2 N–H and O–H groups in total. The molecule has 2 fully saturated rings. The number of nitrogens with zero attached hydrogens (tertiary/aromatic N) is 2. The fourth-order valence-electron chi connectivity index (χ4n) is 4.37. The van der Waals surface area contributed by atoms with Crippen molar-refractivity contribution in [3.8, 4) is 0 Å². The number of piperidine rings is 1. The Hall–Kier alpha value is -1.05.